The van der Waals surface area contributed by atoms with Crippen LogP contribution in [0.2, 0.25) is 0 Å². The van der Waals surface area contributed by atoms with Crippen molar-refractivity contribution in [2.45, 2.75) is 180 Å². The van der Waals surface area contributed by atoms with E-state index >= 15 is 19.2 Å². The molecule has 6 aliphatic rings. The highest BCUT2D eigenvalue weighted by Gasteiger charge is 2.56. The number of fused-ring (bicyclic) bond motifs is 6. The molecule has 0 spiro atoms. The fraction of sp³-hybridized carbons (Fsp3) is 0.438. The molecule has 7 aromatic rings. The summed E-state index contributed by atoms with van der Waals surface area (Å²) in [6.07, 6.45) is 3.64. The highest BCUT2D eigenvalue weighted by atomic mass is 16.2. The Morgan fingerprint density at radius 1 is 0.300 bits per heavy atom. The monoisotopic (exact) mass is 927 g/mol. The highest BCUT2D eigenvalue weighted by Crippen LogP contribution is 2.64. The molecule has 2 heterocycles. The summed E-state index contributed by atoms with van der Waals surface area (Å²) in [7, 11) is 0. The van der Waals surface area contributed by atoms with Gasteiger partial charge in [0.1, 0.15) is 0 Å². The molecule has 13 rings (SSSR count). The zero-order valence-corrected chi connectivity index (χ0v) is 44.1. The third kappa shape index (κ3) is 5.06. The number of rotatable bonds is 2. The van der Waals surface area contributed by atoms with E-state index in [2.05, 4.69) is 123 Å². The zero-order valence-electron chi connectivity index (χ0n) is 44.1. The topological polar surface area (TPSA) is 74.8 Å². The second-order valence-electron chi connectivity index (χ2n) is 28.0. The standard InChI is InChI=1S/C64H66N2O4/c1-57(2)27-61(9,10)47-39(57)25-40-48(62(11,12)28-58(40,3)4)51(47)65-53(67)35-21-17-31-33-19-23-37-46-38(24-20-34(44(33)46)32-18-22-36(54(65)68)45(35)43(31)32)56(70)66(55(37)69)52-49-41(59(5,6)29-63(49,13)14)26-42-50(52)64(15,16)30-60(42,7)8/h17-26H,27-30H2,1-16H3. The van der Waals surface area contributed by atoms with E-state index in [4.69, 9.17) is 0 Å². The van der Waals surface area contributed by atoms with Gasteiger partial charge in [0.2, 0.25) is 0 Å². The van der Waals surface area contributed by atoms with Crippen molar-refractivity contribution in [3.05, 3.63) is 127 Å². The van der Waals surface area contributed by atoms with Crippen molar-refractivity contribution >= 4 is 78.1 Å². The first-order chi connectivity index (χ1) is 32.3. The summed E-state index contributed by atoms with van der Waals surface area (Å²) in [6.45, 7) is 36.6. The number of benzene rings is 7. The quantitative estimate of drug-likeness (QED) is 0.0983. The molecule has 0 unspecified atom stereocenters. The Morgan fingerprint density at radius 2 is 0.514 bits per heavy atom. The summed E-state index contributed by atoms with van der Waals surface area (Å²) in [5.41, 5.74) is 11.4. The molecule has 0 saturated carbocycles. The number of nitrogens with zero attached hydrogens (tertiary/aromatic N) is 2. The third-order valence-electron chi connectivity index (χ3n) is 18.8. The molecular weight excluding hydrogens is 861 g/mol. The molecule has 0 radical (unpaired) electrons. The molecule has 0 N–H and O–H groups in total. The maximum absolute atomic E-state index is 15.6. The van der Waals surface area contributed by atoms with Gasteiger partial charge in [-0.2, -0.15) is 0 Å². The maximum Gasteiger partial charge on any atom is 0.266 e. The van der Waals surface area contributed by atoms with Crippen molar-refractivity contribution in [3.8, 4) is 0 Å². The summed E-state index contributed by atoms with van der Waals surface area (Å²) >= 11 is 0. The molecule has 0 atom stereocenters. The number of carbonyl (C=O) groups is 4. The van der Waals surface area contributed by atoms with Crippen LogP contribution in [0.4, 0.5) is 11.4 Å². The van der Waals surface area contributed by atoms with Crippen molar-refractivity contribution < 1.29 is 19.2 Å². The third-order valence-corrected chi connectivity index (χ3v) is 18.8. The summed E-state index contributed by atoms with van der Waals surface area (Å²) in [5.74, 6) is -1.16. The maximum atomic E-state index is 15.6. The fourth-order valence-corrected chi connectivity index (χ4v) is 17.5. The van der Waals surface area contributed by atoms with Gasteiger partial charge < -0.3 is 0 Å². The molecule has 7 aromatic carbocycles. The van der Waals surface area contributed by atoms with E-state index in [0.29, 0.717) is 33.0 Å². The van der Waals surface area contributed by atoms with Gasteiger partial charge in [0, 0.05) is 33.0 Å². The van der Waals surface area contributed by atoms with E-state index in [1.165, 1.54) is 22.3 Å². The van der Waals surface area contributed by atoms with Crippen LogP contribution in [0.3, 0.4) is 0 Å². The smallest absolute Gasteiger partial charge is 0.266 e. The van der Waals surface area contributed by atoms with Crippen LogP contribution in [-0.4, -0.2) is 23.6 Å². The van der Waals surface area contributed by atoms with Crippen LogP contribution >= 0.6 is 0 Å². The predicted molar refractivity (Wildman–Crippen MR) is 285 cm³/mol. The number of imide groups is 2. The molecule has 6 nitrogen and oxygen atoms in total. The highest BCUT2D eigenvalue weighted by molar-refractivity contribution is 6.45. The van der Waals surface area contributed by atoms with Crippen LogP contribution in [0.25, 0.3) is 43.1 Å². The van der Waals surface area contributed by atoms with Gasteiger partial charge in [0.05, 0.1) is 11.4 Å². The number of hydrogen-bond donors (Lipinski definition) is 0. The molecular formula is C64H66N2O4. The van der Waals surface area contributed by atoms with Gasteiger partial charge in [0.15, 0.2) is 0 Å². The molecule has 4 aliphatic carbocycles. The van der Waals surface area contributed by atoms with E-state index < -0.39 is 0 Å². The minimum Gasteiger partial charge on any atom is -0.268 e. The lowest BCUT2D eigenvalue weighted by Gasteiger charge is -2.37. The SMILES string of the molecule is CC1(C)CC(C)(C)c2c1cc1c(c2N2C(=O)c3ccc4c5ccc6c7c(ccc(c8ccc(c3c48)C2=O)c75)C(=O)N(c2c3c(cc4c2C(C)(C)CC4(C)C)C(C)(C)CC3(C)C)C6=O)C(C)(C)CC1(C)C. The lowest BCUT2D eigenvalue weighted by molar-refractivity contribution is 0.0876. The van der Waals surface area contributed by atoms with Crippen molar-refractivity contribution in [2.24, 2.45) is 0 Å². The van der Waals surface area contributed by atoms with Crippen molar-refractivity contribution in [1.29, 1.82) is 0 Å². The first-order valence-electron chi connectivity index (χ1n) is 25.8. The van der Waals surface area contributed by atoms with Crippen LogP contribution in [0.1, 0.15) is 222 Å². The van der Waals surface area contributed by atoms with Gasteiger partial charge in [-0.15, -0.1) is 0 Å². The second kappa shape index (κ2) is 12.4. The van der Waals surface area contributed by atoms with E-state index in [9.17, 15) is 0 Å². The van der Waals surface area contributed by atoms with Crippen molar-refractivity contribution in [1.82, 2.24) is 0 Å². The first-order valence-corrected chi connectivity index (χ1v) is 25.8. The van der Waals surface area contributed by atoms with Gasteiger partial charge >= 0.3 is 0 Å². The molecule has 70 heavy (non-hydrogen) atoms. The van der Waals surface area contributed by atoms with Gasteiger partial charge in [-0.1, -0.05) is 147 Å². The van der Waals surface area contributed by atoms with Gasteiger partial charge in [-0.25, -0.2) is 9.80 Å². The normalized spacial score (nSPS) is 23.0. The van der Waals surface area contributed by atoms with E-state index in [-0.39, 0.29) is 66.9 Å². The largest absolute Gasteiger partial charge is 0.268 e. The van der Waals surface area contributed by atoms with Crippen LogP contribution in [0.5, 0.6) is 0 Å². The Bertz CT molecular complexity index is 3280. The van der Waals surface area contributed by atoms with Crippen LogP contribution < -0.4 is 9.80 Å². The molecule has 6 heteroatoms. The lowest BCUT2D eigenvalue weighted by Crippen LogP contribution is -2.43. The summed E-state index contributed by atoms with van der Waals surface area (Å²) in [5, 5.41) is 6.63. The average Bonchev–Trinajstić information content (AvgIpc) is 3.74. The molecule has 4 amide bonds. The second-order valence-corrected chi connectivity index (χ2v) is 28.0. The van der Waals surface area contributed by atoms with E-state index in [0.717, 1.165) is 91.6 Å². The molecule has 2 aliphatic heterocycles. The van der Waals surface area contributed by atoms with E-state index in [1.807, 2.05) is 48.5 Å². The first kappa shape index (κ1) is 44.1. The lowest BCUT2D eigenvalue weighted by atomic mass is 9.77. The minimum atomic E-state index is -0.290. The zero-order chi connectivity index (χ0) is 50.1. The number of anilines is 2. The minimum absolute atomic E-state index is 0.141. The van der Waals surface area contributed by atoms with Crippen molar-refractivity contribution in [3.63, 3.8) is 0 Å². The summed E-state index contributed by atoms with van der Waals surface area (Å²) in [6, 6.07) is 20.7. The molecule has 0 bridgehead atoms. The Kier molecular flexibility index (Phi) is 7.81. The molecule has 0 fully saturated rings. The summed E-state index contributed by atoms with van der Waals surface area (Å²) in [4.78, 5) is 65.5. The Hall–Kier alpha value is -5.88. The van der Waals surface area contributed by atoms with Crippen LogP contribution in [0.15, 0.2) is 60.7 Å². The Balaban J connectivity index is 1.02. The van der Waals surface area contributed by atoms with E-state index in [1.54, 1.807) is 9.80 Å². The van der Waals surface area contributed by atoms with Crippen LogP contribution in [0, 0.1) is 0 Å². The van der Waals surface area contributed by atoms with Crippen LogP contribution in [-0.2, 0) is 43.3 Å². The summed E-state index contributed by atoms with van der Waals surface area (Å²) < 4.78 is 0. The van der Waals surface area contributed by atoms with Gasteiger partial charge in [-0.3, -0.25) is 19.2 Å². The average molecular weight is 927 g/mol. The Labute approximate surface area is 412 Å². The fourth-order valence-electron chi connectivity index (χ4n) is 17.5. The Morgan fingerprint density at radius 3 is 0.729 bits per heavy atom. The molecule has 0 aromatic heterocycles. The number of hydrogen-bond acceptors (Lipinski definition) is 4. The van der Waals surface area contributed by atoms with Gasteiger partial charge in [-0.05, 0) is 170 Å². The molecule has 356 valence electrons. The number of amides is 4. The van der Waals surface area contributed by atoms with Gasteiger partial charge in [0.25, 0.3) is 23.6 Å². The molecule has 0 saturated heterocycles. The predicted octanol–water partition coefficient (Wildman–Crippen LogP) is 15.2. The van der Waals surface area contributed by atoms with Crippen molar-refractivity contribution in [2.75, 3.05) is 9.80 Å². The number of carbonyl (C=O) groups excluding carboxylic acids is 4.